The van der Waals surface area contributed by atoms with Crippen molar-refractivity contribution in [3.05, 3.63) is 65.4 Å². The van der Waals surface area contributed by atoms with Gasteiger partial charge < -0.3 is 21.3 Å². The zero-order chi connectivity index (χ0) is 23.2. The highest BCUT2D eigenvalue weighted by atomic mass is 16.5. The van der Waals surface area contributed by atoms with Gasteiger partial charge in [0.1, 0.15) is 5.75 Å². The van der Waals surface area contributed by atoms with Crippen LogP contribution in [0.5, 0.6) is 11.6 Å². The van der Waals surface area contributed by atoms with Crippen LogP contribution in [0.15, 0.2) is 53.5 Å². The maximum absolute atomic E-state index is 11.0. The van der Waals surface area contributed by atoms with Crippen LogP contribution in [0.2, 0.25) is 0 Å². The average Bonchev–Trinajstić information content (AvgIpc) is 3.14. The summed E-state index contributed by atoms with van der Waals surface area (Å²) in [5, 5.41) is 12.9. The van der Waals surface area contributed by atoms with E-state index in [9.17, 15) is 5.11 Å². The van der Waals surface area contributed by atoms with Crippen LogP contribution in [0.25, 0.3) is 16.8 Å². The lowest BCUT2D eigenvalue weighted by Crippen LogP contribution is -2.20. The van der Waals surface area contributed by atoms with E-state index in [4.69, 9.17) is 21.2 Å². The largest absolute Gasteiger partial charge is 0.497 e. The number of nitrogens with two attached hydrogens (primary N) is 2. The summed E-state index contributed by atoms with van der Waals surface area (Å²) < 4.78 is 7.11. The van der Waals surface area contributed by atoms with Crippen molar-refractivity contribution in [2.24, 2.45) is 16.5 Å². The topological polar surface area (TPSA) is 98.8 Å². The van der Waals surface area contributed by atoms with Crippen molar-refractivity contribution in [2.75, 3.05) is 13.7 Å². The molecule has 0 amide bonds. The van der Waals surface area contributed by atoms with Crippen molar-refractivity contribution in [1.29, 1.82) is 0 Å². The Morgan fingerprint density at radius 1 is 1.00 bits per heavy atom. The lowest BCUT2D eigenvalue weighted by molar-refractivity contribution is 0.368. The molecule has 1 atom stereocenters. The standard InChI is InChI=1S/C27H34N4O2/c1-33-20-13-11-19(12-14-20)18-30-23-15-16-24-26-21(23)8-7-9-22(26)27(32)31(24)25(29)10-5-3-2-4-6-17-28/h7-9,11-16,25,32H,2-6,10,17-18,28-29H2,1H3. The molecule has 5 N–H and O–H groups in total. The molecule has 1 unspecified atom stereocenters. The molecule has 0 bridgehead atoms. The van der Waals surface area contributed by atoms with Crippen LogP contribution in [0.1, 0.15) is 61.5 Å². The molecule has 0 saturated heterocycles. The number of unbranched alkanes of at least 4 members (excludes halogenated alkanes) is 4. The van der Waals surface area contributed by atoms with Crippen LogP contribution < -0.4 is 16.2 Å². The zero-order valence-electron chi connectivity index (χ0n) is 19.3. The first-order chi connectivity index (χ1) is 16.1. The summed E-state index contributed by atoms with van der Waals surface area (Å²) >= 11 is 0. The number of aromatic nitrogens is 1. The predicted octanol–water partition coefficient (Wildman–Crippen LogP) is 5.13. The number of hydrogen-bond acceptors (Lipinski definition) is 5. The van der Waals surface area contributed by atoms with Crippen molar-refractivity contribution < 1.29 is 9.84 Å². The monoisotopic (exact) mass is 446 g/mol. The second kappa shape index (κ2) is 10.7. The van der Waals surface area contributed by atoms with Gasteiger partial charge in [0.05, 0.1) is 31.2 Å². The van der Waals surface area contributed by atoms with Crippen LogP contribution >= 0.6 is 0 Å². The van der Waals surface area contributed by atoms with Gasteiger partial charge in [-0.05, 0) is 55.3 Å². The maximum atomic E-state index is 11.0. The second-order valence-corrected chi connectivity index (χ2v) is 8.60. The van der Waals surface area contributed by atoms with Crippen molar-refractivity contribution in [3.8, 4) is 11.6 Å². The number of hydrogen-bond donors (Lipinski definition) is 3. The van der Waals surface area contributed by atoms with Gasteiger partial charge in [0.2, 0.25) is 5.88 Å². The van der Waals surface area contributed by atoms with Crippen molar-refractivity contribution in [3.63, 3.8) is 0 Å². The van der Waals surface area contributed by atoms with Crippen LogP contribution in [-0.4, -0.2) is 29.0 Å². The highest BCUT2D eigenvalue weighted by molar-refractivity contribution is 6.23. The first kappa shape index (κ1) is 23.1. The van der Waals surface area contributed by atoms with Gasteiger partial charge in [0.25, 0.3) is 0 Å². The van der Waals surface area contributed by atoms with Gasteiger partial charge in [-0.1, -0.05) is 49.9 Å². The zero-order valence-corrected chi connectivity index (χ0v) is 19.3. The molecular weight excluding hydrogens is 412 g/mol. The normalized spacial score (nSPS) is 14.8. The summed E-state index contributed by atoms with van der Waals surface area (Å²) in [6.07, 6.45) is 10.2. The Morgan fingerprint density at radius 2 is 1.76 bits per heavy atom. The van der Waals surface area contributed by atoms with Gasteiger partial charge in [-0.15, -0.1) is 0 Å². The molecule has 2 aromatic carbocycles. The Morgan fingerprint density at radius 3 is 2.52 bits per heavy atom. The van der Waals surface area contributed by atoms with E-state index in [1.54, 1.807) is 7.11 Å². The number of aromatic hydroxyl groups is 1. The van der Waals surface area contributed by atoms with Gasteiger partial charge in [0, 0.05) is 16.3 Å². The molecular formula is C27H34N4O2. The number of allylic oxidation sites excluding steroid dienone is 1. The molecule has 1 aliphatic carbocycles. The smallest absolute Gasteiger partial charge is 0.200 e. The van der Waals surface area contributed by atoms with E-state index in [0.29, 0.717) is 6.54 Å². The molecule has 1 aromatic heterocycles. The molecule has 0 spiro atoms. The van der Waals surface area contributed by atoms with Gasteiger partial charge >= 0.3 is 0 Å². The molecule has 6 nitrogen and oxygen atoms in total. The highest BCUT2D eigenvalue weighted by Gasteiger charge is 2.24. The molecule has 0 saturated carbocycles. The van der Waals surface area contributed by atoms with Crippen molar-refractivity contribution >= 4 is 22.6 Å². The van der Waals surface area contributed by atoms with Gasteiger partial charge in [-0.25, -0.2) is 0 Å². The first-order valence-electron chi connectivity index (χ1n) is 11.8. The number of rotatable bonds is 11. The lowest BCUT2D eigenvalue weighted by Gasteiger charge is -2.19. The van der Waals surface area contributed by atoms with Gasteiger partial charge in [-0.2, -0.15) is 0 Å². The Labute approximate surface area is 195 Å². The average molecular weight is 447 g/mol. The Balaban J connectivity index is 1.55. The number of ether oxygens (including phenoxy) is 1. The quantitative estimate of drug-likeness (QED) is 0.356. The minimum Gasteiger partial charge on any atom is -0.497 e. The van der Waals surface area contributed by atoms with E-state index in [2.05, 4.69) is 6.07 Å². The number of aliphatic imine (C=N–C) groups is 1. The molecule has 4 rings (SSSR count). The van der Waals surface area contributed by atoms with E-state index < -0.39 is 0 Å². The molecule has 1 aliphatic rings. The molecule has 0 aliphatic heterocycles. The Hall–Kier alpha value is -3.09. The van der Waals surface area contributed by atoms with Crippen LogP contribution in [0.4, 0.5) is 0 Å². The molecule has 0 radical (unpaired) electrons. The third-order valence-electron chi connectivity index (χ3n) is 6.35. The fraction of sp³-hybridized carbons (Fsp3) is 0.370. The highest BCUT2D eigenvalue weighted by Crippen LogP contribution is 2.39. The van der Waals surface area contributed by atoms with Crippen LogP contribution in [0, 0.1) is 0 Å². The third kappa shape index (κ3) is 4.97. The Kier molecular flexibility index (Phi) is 7.47. The molecule has 6 heteroatoms. The molecule has 1 heterocycles. The minimum absolute atomic E-state index is 0.235. The van der Waals surface area contributed by atoms with Crippen molar-refractivity contribution in [2.45, 2.75) is 51.2 Å². The van der Waals surface area contributed by atoms with Crippen LogP contribution in [-0.2, 0) is 6.54 Å². The SMILES string of the molecule is COc1ccc(CN=C2C=Cc3c4c2cccc4c(O)n3C(N)CCCCCCCN)cc1. The summed E-state index contributed by atoms with van der Waals surface area (Å²) in [6, 6.07) is 13.9. The summed E-state index contributed by atoms with van der Waals surface area (Å²) in [5.41, 5.74) is 16.1. The summed E-state index contributed by atoms with van der Waals surface area (Å²) in [5.74, 6) is 1.07. The fourth-order valence-corrected chi connectivity index (χ4v) is 4.54. The molecule has 3 aromatic rings. The predicted molar refractivity (Wildman–Crippen MR) is 136 cm³/mol. The fourth-order valence-electron chi connectivity index (χ4n) is 4.54. The first-order valence-corrected chi connectivity index (χ1v) is 11.8. The van der Waals surface area contributed by atoms with Gasteiger partial charge in [0.15, 0.2) is 0 Å². The summed E-state index contributed by atoms with van der Waals surface area (Å²) in [6.45, 7) is 1.33. The van der Waals surface area contributed by atoms with Gasteiger partial charge in [-0.3, -0.25) is 9.56 Å². The maximum Gasteiger partial charge on any atom is 0.200 e. The van der Waals surface area contributed by atoms with E-state index in [0.717, 1.165) is 71.3 Å². The molecule has 0 fully saturated rings. The van der Waals surface area contributed by atoms with E-state index >= 15 is 0 Å². The number of benzene rings is 2. The minimum atomic E-state index is -0.266. The van der Waals surface area contributed by atoms with E-state index in [1.165, 1.54) is 12.8 Å². The lowest BCUT2D eigenvalue weighted by atomic mass is 9.97. The third-order valence-corrected chi connectivity index (χ3v) is 6.35. The number of methoxy groups -OCH3 is 1. The van der Waals surface area contributed by atoms with Crippen LogP contribution in [0.3, 0.4) is 0 Å². The number of nitrogens with zero attached hydrogens (tertiary/aromatic N) is 2. The molecule has 33 heavy (non-hydrogen) atoms. The van der Waals surface area contributed by atoms with E-state index in [1.807, 2.05) is 53.1 Å². The summed E-state index contributed by atoms with van der Waals surface area (Å²) in [4.78, 5) is 4.86. The Bertz CT molecular complexity index is 1150. The van der Waals surface area contributed by atoms with E-state index in [-0.39, 0.29) is 12.0 Å². The van der Waals surface area contributed by atoms with Crippen molar-refractivity contribution in [1.82, 2.24) is 4.57 Å². The molecule has 174 valence electrons. The second-order valence-electron chi connectivity index (χ2n) is 8.60. The summed E-state index contributed by atoms with van der Waals surface area (Å²) in [7, 11) is 1.66.